The van der Waals surface area contributed by atoms with E-state index in [1.165, 1.54) is 11.3 Å². The second-order valence-electron chi connectivity index (χ2n) is 7.39. The highest BCUT2D eigenvalue weighted by molar-refractivity contribution is 7.13. The number of piperazine rings is 1. The van der Waals surface area contributed by atoms with Crippen molar-refractivity contribution in [1.82, 2.24) is 20.2 Å². The van der Waals surface area contributed by atoms with Crippen molar-refractivity contribution in [2.24, 2.45) is 0 Å². The van der Waals surface area contributed by atoms with Crippen molar-refractivity contribution in [1.29, 1.82) is 0 Å². The average Bonchev–Trinajstić information content (AvgIpc) is 3.22. The smallest absolute Gasteiger partial charge is 0.226 e. The molecule has 4 rings (SSSR count). The highest BCUT2D eigenvalue weighted by Gasteiger charge is 2.15. The molecule has 2 aromatic heterocycles. The number of amides is 1. The molecule has 0 atom stereocenters. The van der Waals surface area contributed by atoms with Crippen molar-refractivity contribution in [2.45, 2.75) is 13.0 Å². The number of carbonyl (C=O) groups excluding carboxylic acids is 1. The second kappa shape index (κ2) is 9.55. The van der Waals surface area contributed by atoms with Gasteiger partial charge in [-0.2, -0.15) is 0 Å². The first-order chi connectivity index (χ1) is 14.6. The number of hydrogen-bond donors (Lipinski definition) is 1. The molecule has 1 aliphatic heterocycles. The van der Waals surface area contributed by atoms with Gasteiger partial charge in [0.05, 0.1) is 17.1 Å². The van der Waals surface area contributed by atoms with E-state index in [0.717, 1.165) is 53.8 Å². The average molecular weight is 442 g/mol. The molecule has 1 fully saturated rings. The zero-order chi connectivity index (χ0) is 20.9. The maximum atomic E-state index is 12.3. The number of nitrogens with one attached hydrogen (secondary N) is 1. The molecule has 8 heteroatoms. The monoisotopic (exact) mass is 441 g/mol. The molecule has 156 valence electrons. The molecule has 0 bridgehead atoms. The van der Waals surface area contributed by atoms with Crippen LogP contribution in [-0.4, -0.2) is 54.0 Å². The summed E-state index contributed by atoms with van der Waals surface area (Å²) < 4.78 is 0. The van der Waals surface area contributed by atoms with Gasteiger partial charge in [0.1, 0.15) is 10.8 Å². The Morgan fingerprint density at radius 2 is 1.97 bits per heavy atom. The number of nitrogens with zero attached hydrogens (tertiary/aromatic N) is 4. The zero-order valence-corrected chi connectivity index (χ0v) is 18.4. The van der Waals surface area contributed by atoms with E-state index < -0.39 is 0 Å². The van der Waals surface area contributed by atoms with Crippen molar-refractivity contribution in [2.75, 3.05) is 38.1 Å². The fraction of sp³-hybridized carbons (Fsp3) is 0.318. The van der Waals surface area contributed by atoms with Crippen LogP contribution in [0.25, 0.3) is 10.6 Å². The van der Waals surface area contributed by atoms with Gasteiger partial charge in [0.15, 0.2) is 0 Å². The first kappa shape index (κ1) is 20.8. The number of carbonyl (C=O) groups is 1. The number of anilines is 1. The third kappa shape index (κ3) is 5.16. The Hall–Kier alpha value is -2.48. The Kier molecular flexibility index (Phi) is 6.62. The summed E-state index contributed by atoms with van der Waals surface area (Å²) in [6.45, 7) is 4.53. The summed E-state index contributed by atoms with van der Waals surface area (Å²) in [7, 11) is 2.14. The molecule has 0 aliphatic carbocycles. The lowest BCUT2D eigenvalue weighted by Gasteiger charge is -2.33. The molecule has 0 radical (unpaired) electrons. The van der Waals surface area contributed by atoms with Gasteiger partial charge in [-0.05, 0) is 24.7 Å². The van der Waals surface area contributed by atoms with Crippen molar-refractivity contribution in [3.05, 3.63) is 64.3 Å². The number of likely N-dealkylation sites (N-methyl/N-ethyl adjacent to an activating group) is 1. The van der Waals surface area contributed by atoms with E-state index >= 15 is 0 Å². The summed E-state index contributed by atoms with van der Waals surface area (Å²) in [4.78, 5) is 26.1. The molecule has 0 saturated carbocycles. The van der Waals surface area contributed by atoms with Crippen LogP contribution >= 0.6 is 22.9 Å². The Morgan fingerprint density at radius 1 is 1.17 bits per heavy atom. The summed E-state index contributed by atoms with van der Waals surface area (Å²) in [5.41, 5.74) is 2.62. The number of aromatic nitrogens is 2. The first-order valence-corrected chi connectivity index (χ1v) is 11.2. The minimum atomic E-state index is -0.0610. The predicted octanol–water partition coefficient (Wildman–Crippen LogP) is 3.47. The molecule has 0 spiro atoms. The summed E-state index contributed by atoms with van der Waals surface area (Å²) in [6, 6.07) is 11.7. The van der Waals surface area contributed by atoms with Gasteiger partial charge >= 0.3 is 0 Å². The molecule has 1 aliphatic rings. The summed E-state index contributed by atoms with van der Waals surface area (Å²) in [5.74, 6) is 0.932. The van der Waals surface area contributed by atoms with Gasteiger partial charge in [0.25, 0.3) is 0 Å². The highest BCUT2D eigenvalue weighted by atomic mass is 35.5. The SMILES string of the molecule is CN1CCN(c2ccc(CNC(=O)Cc3csc(-c4ccccc4Cl)n3)cn2)CC1. The van der Waals surface area contributed by atoms with E-state index in [0.29, 0.717) is 11.6 Å². The van der Waals surface area contributed by atoms with Crippen LogP contribution in [0.3, 0.4) is 0 Å². The van der Waals surface area contributed by atoms with E-state index in [-0.39, 0.29) is 12.3 Å². The first-order valence-electron chi connectivity index (χ1n) is 9.93. The molecule has 3 aromatic rings. The lowest BCUT2D eigenvalue weighted by molar-refractivity contribution is -0.120. The summed E-state index contributed by atoms with van der Waals surface area (Å²) >= 11 is 7.73. The van der Waals surface area contributed by atoms with Crippen LogP contribution in [0.2, 0.25) is 5.02 Å². The summed E-state index contributed by atoms with van der Waals surface area (Å²) in [6.07, 6.45) is 2.08. The van der Waals surface area contributed by atoms with Gasteiger partial charge in [0.2, 0.25) is 5.91 Å². The minimum Gasteiger partial charge on any atom is -0.354 e. The van der Waals surface area contributed by atoms with Crippen LogP contribution in [-0.2, 0) is 17.8 Å². The van der Waals surface area contributed by atoms with Crippen molar-refractivity contribution >= 4 is 34.7 Å². The van der Waals surface area contributed by atoms with Crippen LogP contribution in [0.4, 0.5) is 5.82 Å². The molecule has 6 nitrogen and oxygen atoms in total. The second-order valence-corrected chi connectivity index (χ2v) is 8.66. The number of hydrogen-bond acceptors (Lipinski definition) is 6. The van der Waals surface area contributed by atoms with Gasteiger partial charge in [-0.15, -0.1) is 11.3 Å². The Balaban J connectivity index is 1.28. The molecule has 1 N–H and O–H groups in total. The minimum absolute atomic E-state index is 0.0610. The zero-order valence-electron chi connectivity index (χ0n) is 16.8. The fourth-order valence-electron chi connectivity index (χ4n) is 3.32. The normalized spacial score (nSPS) is 14.7. The maximum Gasteiger partial charge on any atom is 0.226 e. The Bertz CT molecular complexity index is 999. The molecule has 1 aromatic carbocycles. The predicted molar refractivity (Wildman–Crippen MR) is 122 cm³/mol. The van der Waals surface area contributed by atoms with Gasteiger partial charge < -0.3 is 15.1 Å². The van der Waals surface area contributed by atoms with Gasteiger partial charge in [-0.25, -0.2) is 9.97 Å². The van der Waals surface area contributed by atoms with Crippen LogP contribution in [0.5, 0.6) is 0 Å². The molecule has 0 unspecified atom stereocenters. The van der Waals surface area contributed by atoms with Crippen molar-refractivity contribution in [3.63, 3.8) is 0 Å². The molecule has 3 heterocycles. The van der Waals surface area contributed by atoms with Crippen LogP contribution < -0.4 is 10.2 Å². The Morgan fingerprint density at radius 3 is 2.70 bits per heavy atom. The molecule has 1 amide bonds. The third-order valence-corrected chi connectivity index (χ3v) is 6.38. The molecular weight excluding hydrogens is 418 g/mol. The van der Waals surface area contributed by atoms with Crippen LogP contribution in [0, 0.1) is 0 Å². The standard InChI is InChI=1S/C22H24ClN5OS/c1-27-8-10-28(11-9-27)20-7-6-16(13-24-20)14-25-21(29)12-17-15-30-22(26-17)18-4-2-3-5-19(18)23/h2-7,13,15H,8-12,14H2,1H3,(H,25,29). The van der Waals surface area contributed by atoms with E-state index in [1.54, 1.807) is 0 Å². The lowest BCUT2D eigenvalue weighted by atomic mass is 10.2. The number of rotatable bonds is 6. The topological polar surface area (TPSA) is 61.4 Å². The third-order valence-electron chi connectivity index (χ3n) is 5.12. The van der Waals surface area contributed by atoms with Gasteiger partial charge in [-0.3, -0.25) is 4.79 Å². The van der Waals surface area contributed by atoms with Crippen LogP contribution in [0.1, 0.15) is 11.3 Å². The highest BCUT2D eigenvalue weighted by Crippen LogP contribution is 2.30. The van der Waals surface area contributed by atoms with E-state index in [9.17, 15) is 4.79 Å². The number of pyridine rings is 1. The van der Waals surface area contributed by atoms with E-state index in [4.69, 9.17) is 11.6 Å². The van der Waals surface area contributed by atoms with E-state index in [1.807, 2.05) is 48.0 Å². The van der Waals surface area contributed by atoms with Gasteiger partial charge in [-0.1, -0.05) is 35.9 Å². The summed E-state index contributed by atoms with van der Waals surface area (Å²) in [5, 5.41) is 6.35. The maximum absolute atomic E-state index is 12.3. The molecular formula is C22H24ClN5OS. The number of thiazole rings is 1. The van der Waals surface area contributed by atoms with E-state index in [2.05, 4.69) is 32.1 Å². The lowest BCUT2D eigenvalue weighted by Crippen LogP contribution is -2.44. The Labute approximate surface area is 185 Å². The van der Waals surface area contributed by atoms with Crippen LogP contribution in [0.15, 0.2) is 48.0 Å². The largest absolute Gasteiger partial charge is 0.354 e. The number of halogens is 1. The number of benzene rings is 1. The molecule has 30 heavy (non-hydrogen) atoms. The fourth-order valence-corrected chi connectivity index (χ4v) is 4.46. The molecule has 1 saturated heterocycles. The van der Waals surface area contributed by atoms with Crippen molar-refractivity contribution in [3.8, 4) is 10.6 Å². The quantitative estimate of drug-likeness (QED) is 0.634. The van der Waals surface area contributed by atoms with Crippen molar-refractivity contribution < 1.29 is 4.79 Å². The van der Waals surface area contributed by atoms with Gasteiger partial charge in [0, 0.05) is 49.9 Å².